The van der Waals surface area contributed by atoms with Crippen LogP contribution in [0.2, 0.25) is 5.02 Å². The summed E-state index contributed by atoms with van der Waals surface area (Å²) in [6, 6.07) is 15.3. The average Bonchev–Trinajstić information content (AvgIpc) is 3.18. The van der Waals surface area contributed by atoms with Crippen LogP contribution < -0.4 is 4.72 Å². The minimum absolute atomic E-state index is 0.113. The highest BCUT2D eigenvalue weighted by molar-refractivity contribution is 7.99. The van der Waals surface area contributed by atoms with Crippen molar-refractivity contribution < 1.29 is 8.42 Å². The predicted molar refractivity (Wildman–Crippen MR) is 118 cm³/mol. The molecule has 0 aliphatic heterocycles. The van der Waals surface area contributed by atoms with Crippen LogP contribution in [0.5, 0.6) is 0 Å². The number of nitrogens with one attached hydrogen (secondary N) is 1. The summed E-state index contributed by atoms with van der Waals surface area (Å²) in [5, 5.41) is 5.50. The van der Waals surface area contributed by atoms with Gasteiger partial charge in [-0.2, -0.15) is 14.6 Å². The summed E-state index contributed by atoms with van der Waals surface area (Å²) in [7, 11) is -3.71. The van der Waals surface area contributed by atoms with Gasteiger partial charge in [0.15, 0.2) is 0 Å². The van der Waals surface area contributed by atoms with E-state index < -0.39 is 10.0 Å². The topological polar surface area (TPSA) is 89.2 Å². The number of rotatable bonds is 7. The summed E-state index contributed by atoms with van der Waals surface area (Å²) in [4.78, 5) is 9.75. The fraction of sp³-hybridized carbons (Fsp3) is 0.150. The third-order valence-electron chi connectivity index (χ3n) is 4.21. The molecule has 10 heteroatoms. The summed E-state index contributed by atoms with van der Waals surface area (Å²) >= 11 is 7.42. The number of benzene rings is 2. The number of anilines is 1. The first-order valence-corrected chi connectivity index (χ1v) is 11.9. The first kappa shape index (κ1) is 20.6. The number of hydrogen-bond acceptors (Lipinski definition) is 6. The van der Waals surface area contributed by atoms with Gasteiger partial charge in [-0.25, -0.2) is 13.4 Å². The molecule has 7 nitrogen and oxygen atoms in total. The van der Waals surface area contributed by atoms with E-state index in [2.05, 4.69) is 26.7 Å². The number of aryl methyl sites for hydroxylation is 1. The van der Waals surface area contributed by atoms with Crippen molar-refractivity contribution in [3.63, 3.8) is 0 Å². The molecule has 0 aliphatic rings. The SMILES string of the molecule is CCCc1cc(Sc2ccc(NS(=O)(=O)c3cccc(Cl)c3)cc2)n2ncnc2n1. The summed E-state index contributed by atoms with van der Waals surface area (Å²) in [5.74, 6) is 0.564. The van der Waals surface area contributed by atoms with Crippen molar-refractivity contribution in [3.05, 3.63) is 71.6 Å². The van der Waals surface area contributed by atoms with Crippen LogP contribution in [0, 0.1) is 0 Å². The Bertz CT molecular complexity index is 1290. The normalized spacial score (nSPS) is 11.7. The van der Waals surface area contributed by atoms with Crippen LogP contribution in [0.15, 0.2) is 75.7 Å². The van der Waals surface area contributed by atoms with Crippen molar-refractivity contribution in [1.29, 1.82) is 0 Å². The van der Waals surface area contributed by atoms with Gasteiger partial charge >= 0.3 is 0 Å². The lowest BCUT2D eigenvalue weighted by molar-refractivity contribution is 0.601. The van der Waals surface area contributed by atoms with E-state index in [1.165, 1.54) is 30.2 Å². The van der Waals surface area contributed by atoms with Crippen LogP contribution >= 0.6 is 23.4 Å². The second-order valence-electron chi connectivity index (χ2n) is 6.50. The summed E-state index contributed by atoms with van der Waals surface area (Å²) in [6.45, 7) is 2.10. The van der Waals surface area contributed by atoms with Crippen molar-refractivity contribution in [2.75, 3.05) is 4.72 Å². The van der Waals surface area contributed by atoms with Gasteiger partial charge < -0.3 is 0 Å². The van der Waals surface area contributed by atoms with Gasteiger partial charge in [0.1, 0.15) is 11.4 Å². The zero-order valence-corrected chi connectivity index (χ0v) is 18.4. The first-order valence-electron chi connectivity index (χ1n) is 9.20. The molecule has 2 aromatic heterocycles. The highest BCUT2D eigenvalue weighted by atomic mass is 35.5. The highest BCUT2D eigenvalue weighted by Crippen LogP contribution is 2.29. The van der Waals surface area contributed by atoms with Crippen LogP contribution in [0.4, 0.5) is 5.69 Å². The van der Waals surface area contributed by atoms with Crippen molar-refractivity contribution in [2.24, 2.45) is 0 Å². The summed E-state index contributed by atoms with van der Waals surface area (Å²) < 4.78 is 29.4. The molecule has 4 rings (SSSR count). The molecule has 1 N–H and O–H groups in total. The van der Waals surface area contributed by atoms with E-state index in [-0.39, 0.29) is 4.90 Å². The molecule has 0 spiro atoms. The maximum Gasteiger partial charge on any atom is 0.261 e. The molecule has 0 bridgehead atoms. The van der Waals surface area contributed by atoms with Gasteiger partial charge in [-0.3, -0.25) is 4.72 Å². The van der Waals surface area contributed by atoms with E-state index in [9.17, 15) is 8.42 Å². The second kappa shape index (κ2) is 8.63. The van der Waals surface area contributed by atoms with Gasteiger partial charge in [-0.05, 0) is 55.0 Å². The van der Waals surface area contributed by atoms with Crippen LogP contribution in [-0.4, -0.2) is 28.0 Å². The summed E-state index contributed by atoms with van der Waals surface area (Å²) in [5.41, 5.74) is 1.43. The third kappa shape index (κ3) is 4.58. The molecule has 0 fully saturated rings. The van der Waals surface area contributed by atoms with Crippen LogP contribution in [0.25, 0.3) is 5.78 Å². The van der Waals surface area contributed by atoms with E-state index >= 15 is 0 Å². The number of halogens is 1. The Balaban J connectivity index is 1.55. The van der Waals surface area contributed by atoms with Gasteiger partial charge in [-0.1, -0.05) is 42.8 Å². The fourth-order valence-corrected chi connectivity index (χ4v) is 5.13. The Kier molecular flexibility index (Phi) is 5.94. The maximum atomic E-state index is 12.5. The minimum Gasteiger partial charge on any atom is -0.280 e. The Morgan fingerprint density at radius 3 is 2.67 bits per heavy atom. The Morgan fingerprint density at radius 2 is 1.93 bits per heavy atom. The lowest BCUT2D eigenvalue weighted by atomic mass is 10.2. The monoisotopic (exact) mass is 459 g/mol. The Hall–Kier alpha value is -2.62. The average molecular weight is 460 g/mol. The Morgan fingerprint density at radius 1 is 1.13 bits per heavy atom. The number of sulfonamides is 1. The largest absolute Gasteiger partial charge is 0.280 e. The molecule has 0 amide bonds. The number of fused-ring (bicyclic) bond motifs is 1. The zero-order chi connectivity index (χ0) is 21.1. The third-order valence-corrected chi connectivity index (χ3v) is 6.84. The number of nitrogens with zero attached hydrogens (tertiary/aromatic N) is 4. The molecule has 30 heavy (non-hydrogen) atoms. The molecular formula is C20H18ClN5O2S2. The van der Waals surface area contributed by atoms with Crippen LogP contribution in [-0.2, 0) is 16.4 Å². The van der Waals surface area contributed by atoms with Crippen molar-refractivity contribution in [3.8, 4) is 0 Å². The van der Waals surface area contributed by atoms with Crippen molar-refractivity contribution in [1.82, 2.24) is 19.6 Å². The van der Waals surface area contributed by atoms with Crippen molar-refractivity contribution in [2.45, 2.75) is 34.6 Å². The quantitative estimate of drug-likeness (QED) is 0.403. The van der Waals surface area contributed by atoms with Crippen LogP contribution in [0.3, 0.4) is 0 Å². The zero-order valence-electron chi connectivity index (χ0n) is 16.0. The van der Waals surface area contributed by atoms with E-state index in [1.54, 1.807) is 28.8 Å². The lowest BCUT2D eigenvalue weighted by Gasteiger charge is -2.10. The maximum absolute atomic E-state index is 12.5. The molecule has 0 radical (unpaired) electrons. The van der Waals surface area contributed by atoms with E-state index in [0.29, 0.717) is 16.5 Å². The van der Waals surface area contributed by atoms with Gasteiger partial charge in [0.2, 0.25) is 0 Å². The predicted octanol–water partition coefficient (Wildman–Crippen LogP) is 4.68. The lowest BCUT2D eigenvalue weighted by Crippen LogP contribution is -2.12. The molecule has 0 saturated carbocycles. The standard InChI is InChI=1S/C20H18ClN5O2S2/c1-2-4-16-12-19(26-20(24-16)22-13-23-26)29-17-9-7-15(8-10-17)25-30(27,28)18-6-3-5-14(21)11-18/h3,5-13,25H,2,4H2,1H3. The van der Waals surface area contributed by atoms with Gasteiger partial charge in [0.25, 0.3) is 15.8 Å². The smallest absolute Gasteiger partial charge is 0.261 e. The molecule has 2 heterocycles. The number of aromatic nitrogens is 4. The van der Waals surface area contributed by atoms with Crippen molar-refractivity contribution >= 4 is 44.9 Å². The van der Waals surface area contributed by atoms with E-state index in [1.807, 2.05) is 18.2 Å². The molecule has 154 valence electrons. The van der Waals surface area contributed by atoms with E-state index in [4.69, 9.17) is 11.6 Å². The molecule has 0 aliphatic carbocycles. The fourth-order valence-electron chi connectivity index (χ4n) is 2.85. The molecule has 2 aromatic carbocycles. The van der Waals surface area contributed by atoms with Crippen LogP contribution in [0.1, 0.15) is 19.0 Å². The molecular weight excluding hydrogens is 442 g/mol. The minimum atomic E-state index is -3.71. The summed E-state index contributed by atoms with van der Waals surface area (Å²) in [6.07, 6.45) is 3.33. The molecule has 4 aromatic rings. The molecule has 0 atom stereocenters. The Labute approximate surface area is 183 Å². The second-order valence-corrected chi connectivity index (χ2v) is 9.71. The molecule has 0 saturated heterocycles. The number of hydrogen-bond donors (Lipinski definition) is 1. The molecule has 0 unspecified atom stereocenters. The first-order chi connectivity index (χ1) is 14.4. The van der Waals surface area contributed by atoms with E-state index in [0.717, 1.165) is 28.5 Å². The van der Waals surface area contributed by atoms with Gasteiger partial charge in [-0.15, -0.1) is 0 Å². The highest BCUT2D eigenvalue weighted by Gasteiger charge is 2.15. The van der Waals surface area contributed by atoms with Gasteiger partial charge in [0, 0.05) is 21.3 Å². The van der Waals surface area contributed by atoms with Gasteiger partial charge in [0.05, 0.1) is 4.90 Å².